The summed E-state index contributed by atoms with van der Waals surface area (Å²) < 4.78 is 44.1. The zero-order valence-electron chi connectivity index (χ0n) is 16.8. The molecule has 1 amide bonds. The Morgan fingerprint density at radius 3 is 2.39 bits per heavy atom. The highest BCUT2D eigenvalue weighted by atomic mass is 19.4. The number of rotatable bonds is 9. The fourth-order valence-electron chi connectivity index (χ4n) is 2.97. The van der Waals surface area contributed by atoms with Gasteiger partial charge >= 0.3 is 6.18 Å². The van der Waals surface area contributed by atoms with Crippen molar-refractivity contribution in [2.24, 2.45) is 0 Å². The van der Waals surface area contributed by atoms with Gasteiger partial charge in [0.2, 0.25) is 5.91 Å². The summed E-state index contributed by atoms with van der Waals surface area (Å²) >= 11 is 0. The van der Waals surface area contributed by atoms with Crippen molar-refractivity contribution in [3.05, 3.63) is 90.0 Å². The lowest BCUT2D eigenvalue weighted by atomic mass is 10.1. The van der Waals surface area contributed by atoms with Gasteiger partial charge in [0.1, 0.15) is 5.75 Å². The molecule has 31 heavy (non-hydrogen) atoms. The molecule has 3 aromatic carbocycles. The standard InChI is InChI=1S/C24H23F3N2O2/c25-24(26,27)19-10-4-11-20(15-19)28-17-23(30)29-21-12-5-13-22(16-21)31-14-6-9-18-7-2-1-3-8-18/h1-5,7-8,10-13,15-16,28H,6,9,14,17H2,(H,29,30). The third-order valence-corrected chi connectivity index (χ3v) is 4.48. The molecule has 0 aliphatic carbocycles. The molecular weight excluding hydrogens is 405 g/mol. The second-order valence-corrected chi connectivity index (χ2v) is 6.95. The van der Waals surface area contributed by atoms with Crippen LogP contribution in [-0.2, 0) is 17.4 Å². The van der Waals surface area contributed by atoms with Crippen LogP contribution in [-0.4, -0.2) is 19.1 Å². The summed E-state index contributed by atoms with van der Waals surface area (Å²) in [5.74, 6) is 0.260. The third kappa shape index (κ3) is 7.37. The van der Waals surface area contributed by atoms with E-state index in [0.29, 0.717) is 18.0 Å². The number of benzene rings is 3. The van der Waals surface area contributed by atoms with Gasteiger partial charge in [-0.1, -0.05) is 42.5 Å². The Hall–Kier alpha value is -3.48. The van der Waals surface area contributed by atoms with Crippen LogP contribution in [0.25, 0.3) is 0 Å². The number of carbonyl (C=O) groups excluding carboxylic acids is 1. The molecule has 3 aromatic rings. The van der Waals surface area contributed by atoms with Crippen LogP contribution in [0.1, 0.15) is 17.5 Å². The molecule has 4 nitrogen and oxygen atoms in total. The number of carbonyl (C=O) groups is 1. The van der Waals surface area contributed by atoms with Crippen molar-refractivity contribution in [2.75, 3.05) is 23.8 Å². The molecule has 7 heteroatoms. The fraction of sp³-hybridized carbons (Fsp3) is 0.208. The maximum Gasteiger partial charge on any atom is 0.416 e. The number of halogens is 3. The van der Waals surface area contributed by atoms with Gasteiger partial charge in [-0.05, 0) is 48.7 Å². The molecule has 0 unspecified atom stereocenters. The van der Waals surface area contributed by atoms with E-state index < -0.39 is 11.7 Å². The number of ether oxygens (including phenoxy) is 1. The van der Waals surface area contributed by atoms with Crippen molar-refractivity contribution in [3.8, 4) is 5.75 Å². The summed E-state index contributed by atoms with van der Waals surface area (Å²) in [5.41, 5.74) is 1.26. The highest BCUT2D eigenvalue weighted by molar-refractivity contribution is 5.93. The predicted octanol–water partition coefficient (Wildman–Crippen LogP) is 5.77. The van der Waals surface area contributed by atoms with Gasteiger partial charge < -0.3 is 15.4 Å². The van der Waals surface area contributed by atoms with Crippen LogP contribution in [0.2, 0.25) is 0 Å². The molecule has 0 aromatic heterocycles. The Labute approximate surface area is 179 Å². The highest BCUT2D eigenvalue weighted by Crippen LogP contribution is 2.30. The minimum Gasteiger partial charge on any atom is -0.494 e. The largest absolute Gasteiger partial charge is 0.494 e. The summed E-state index contributed by atoms with van der Waals surface area (Å²) in [7, 11) is 0. The van der Waals surface area contributed by atoms with E-state index in [9.17, 15) is 18.0 Å². The Balaban J connectivity index is 1.45. The lowest BCUT2D eigenvalue weighted by molar-refractivity contribution is -0.137. The minimum absolute atomic E-state index is 0.163. The second-order valence-electron chi connectivity index (χ2n) is 6.95. The Bertz CT molecular complexity index is 991. The average Bonchev–Trinajstić information content (AvgIpc) is 2.76. The van der Waals surface area contributed by atoms with Gasteiger partial charge in [0.05, 0.1) is 18.7 Å². The lowest BCUT2D eigenvalue weighted by Crippen LogP contribution is -2.22. The minimum atomic E-state index is -4.43. The molecule has 0 aliphatic rings. The van der Waals surface area contributed by atoms with Gasteiger partial charge in [-0.2, -0.15) is 13.2 Å². The zero-order valence-corrected chi connectivity index (χ0v) is 16.8. The van der Waals surface area contributed by atoms with E-state index in [1.54, 1.807) is 24.3 Å². The number of aryl methyl sites for hydroxylation is 1. The number of anilines is 2. The molecule has 2 N–H and O–H groups in total. The van der Waals surface area contributed by atoms with E-state index in [1.165, 1.54) is 17.7 Å². The maximum atomic E-state index is 12.8. The topological polar surface area (TPSA) is 50.4 Å². The number of amides is 1. The van der Waals surface area contributed by atoms with Gasteiger partial charge in [-0.3, -0.25) is 4.79 Å². The summed E-state index contributed by atoms with van der Waals surface area (Å²) in [4.78, 5) is 12.2. The normalized spacial score (nSPS) is 11.1. The molecular formula is C24H23F3N2O2. The Kier molecular flexibility index (Phi) is 7.54. The van der Waals surface area contributed by atoms with Crippen LogP contribution in [0.5, 0.6) is 5.75 Å². The van der Waals surface area contributed by atoms with Gasteiger partial charge in [-0.15, -0.1) is 0 Å². The third-order valence-electron chi connectivity index (χ3n) is 4.48. The zero-order chi connectivity index (χ0) is 22.1. The first kappa shape index (κ1) is 22.2. The van der Waals surface area contributed by atoms with Gasteiger partial charge in [0.25, 0.3) is 0 Å². The number of hydrogen-bond donors (Lipinski definition) is 2. The number of alkyl halides is 3. The maximum absolute atomic E-state index is 12.8. The summed E-state index contributed by atoms with van der Waals surface area (Å²) in [6.45, 7) is 0.382. The molecule has 0 saturated carbocycles. The SMILES string of the molecule is O=C(CNc1cccc(C(F)(F)F)c1)Nc1cccc(OCCCc2ccccc2)c1. The van der Waals surface area contributed by atoms with Crippen LogP contribution in [0.4, 0.5) is 24.5 Å². The Morgan fingerprint density at radius 2 is 1.61 bits per heavy atom. The first-order valence-electron chi connectivity index (χ1n) is 9.88. The molecule has 0 heterocycles. The van der Waals surface area contributed by atoms with Crippen LogP contribution >= 0.6 is 0 Å². The van der Waals surface area contributed by atoms with E-state index in [0.717, 1.165) is 25.0 Å². The van der Waals surface area contributed by atoms with Crippen molar-refractivity contribution in [2.45, 2.75) is 19.0 Å². The van der Waals surface area contributed by atoms with E-state index in [-0.39, 0.29) is 18.1 Å². The average molecular weight is 428 g/mol. The molecule has 0 atom stereocenters. The fourth-order valence-corrected chi connectivity index (χ4v) is 2.97. The molecule has 0 aliphatic heterocycles. The summed E-state index contributed by atoms with van der Waals surface area (Å²) in [6, 6.07) is 21.9. The first-order chi connectivity index (χ1) is 14.9. The first-order valence-corrected chi connectivity index (χ1v) is 9.88. The molecule has 162 valence electrons. The number of hydrogen-bond acceptors (Lipinski definition) is 3. The van der Waals surface area contributed by atoms with E-state index in [1.807, 2.05) is 18.2 Å². The second kappa shape index (κ2) is 10.5. The molecule has 0 radical (unpaired) electrons. The molecule has 0 bridgehead atoms. The van der Waals surface area contributed by atoms with Crippen LogP contribution < -0.4 is 15.4 Å². The molecule has 3 rings (SSSR count). The van der Waals surface area contributed by atoms with Crippen LogP contribution in [0.3, 0.4) is 0 Å². The van der Waals surface area contributed by atoms with Gasteiger partial charge in [0, 0.05) is 17.4 Å². The van der Waals surface area contributed by atoms with E-state index in [4.69, 9.17) is 4.74 Å². The number of nitrogens with one attached hydrogen (secondary N) is 2. The quantitative estimate of drug-likeness (QED) is 0.426. The van der Waals surface area contributed by atoms with Gasteiger partial charge in [-0.25, -0.2) is 0 Å². The van der Waals surface area contributed by atoms with E-state index >= 15 is 0 Å². The van der Waals surface area contributed by atoms with Crippen molar-refractivity contribution in [1.82, 2.24) is 0 Å². The molecule has 0 fully saturated rings. The molecule has 0 saturated heterocycles. The van der Waals surface area contributed by atoms with Gasteiger partial charge in [0.15, 0.2) is 0 Å². The molecule has 0 spiro atoms. The van der Waals surface area contributed by atoms with Crippen molar-refractivity contribution in [3.63, 3.8) is 0 Å². The predicted molar refractivity (Wildman–Crippen MR) is 115 cm³/mol. The van der Waals surface area contributed by atoms with Crippen molar-refractivity contribution in [1.29, 1.82) is 0 Å². The lowest BCUT2D eigenvalue weighted by Gasteiger charge is -2.12. The monoisotopic (exact) mass is 428 g/mol. The van der Waals surface area contributed by atoms with Crippen LogP contribution in [0, 0.1) is 0 Å². The van der Waals surface area contributed by atoms with Crippen LogP contribution in [0.15, 0.2) is 78.9 Å². The smallest absolute Gasteiger partial charge is 0.416 e. The van der Waals surface area contributed by atoms with Crippen molar-refractivity contribution >= 4 is 17.3 Å². The highest BCUT2D eigenvalue weighted by Gasteiger charge is 2.30. The van der Waals surface area contributed by atoms with Crippen molar-refractivity contribution < 1.29 is 22.7 Å². The summed E-state index contributed by atoms with van der Waals surface area (Å²) in [6.07, 6.45) is -2.65. The Morgan fingerprint density at radius 1 is 0.871 bits per heavy atom. The summed E-state index contributed by atoms with van der Waals surface area (Å²) in [5, 5.41) is 5.42. The van der Waals surface area contributed by atoms with E-state index in [2.05, 4.69) is 22.8 Å².